The van der Waals surface area contributed by atoms with Crippen molar-refractivity contribution in [3.05, 3.63) is 64.1 Å². The van der Waals surface area contributed by atoms with Gasteiger partial charge in [0.2, 0.25) is 11.8 Å². The Morgan fingerprint density at radius 3 is 2.23 bits per heavy atom. The monoisotopic (exact) mass is 393 g/mol. The number of para-hydroxylation sites is 1. The SMILES string of the molecule is CN(CC(=O)Nc1ccccc1Cl)C(=O)CNC(=O)c1ccccc1Cl. The van der Waals surface area contributed by atoms with Gasteiger partial charge in [0, 0.05) is 7.05 Å². The highest BCUT2D eigenvalue weighted by Crippen LogP contribution is 2.20. The summed E-state index contributed by atoms with van der Waals surface area (Å²) in [5, 5.41) is 5.81. The number of carbonyl (C=O) groups excluding carboxylic acids is 3. The first-order chi connectivity index (χ1) is 12.4. The van der Waals surface area contributed by atoms with Crippen molar-refractivity contribution in [3.8, 4) is 0 Å². The molecule has 0 fully saturated rings. The number of nitrogens with zero attached hydrogens (tertiary/aromatic N) is 1. The summed E-state index contributed by atoms with van der Waals surface area (Å²) in [6, 6.07) is 13.3. The number of hydrogen-bond donors (Lipinski definition) is 2. The van der Waals surface area contributed by atoms with Crippen LogP contribution in [0.15, 0.2) is 48.5 Å². The Labute approximate surface area is 161 Å². The maximum absolute atomic E-state index is 12.1. The molecule has 2 rings (SSSR count). The van der Waals surface area contributed by atoms with Gasteiger partial charge in [0.25, 0.3) is 5.91 Å². The van der Waals surface area contributed by atoms with Crippen LogP contribution in [0.25, 0.3) is 0 Å². The van der Waals surface area contributed by atoms with Crippen LogP contribution in [0.5, 0.6) is 0 Å². The van der Waals surface area contributed by atoms with Gasteiger partial charge in [-0.05, 0) is 24.3 Å². The van der Waals surface area contributed by atoms with Crippen molar-refractivity contribution in [2.24, 2.45) is 0 Å². The van der Waals surface area contributed by atoms with E-state index >= 15 is 0 Å². The topological polar surface area (TPSA) is 78.5 Å². The van der Waals surface area contributed by atoms with Gasteiger partial charge in [0.1, 0.15) is 0 Å². The second kappa shape index (κ2) is 9.22. The van der Waals surface area contributed by atoms with E-state index in [0.717, 1.165) is 0 Å². The molecule has 0 saturated heterocycles. The minimum atomic E-state index is -0.460. The van der Waals surface area contributed by atoms with Gasteiger partial charge in [-0.2, -0.15) is 0 Å². The molecule has 0 aliphatic carbocycles. The van der Waals surface area contributed by atoms with Crippen LogP contribution < -0.4 is 10.6 Å². The average molecular weight is 394 g/mol. The molecule has 26 heavy (non-hydrogen) atoms. The highest BCUT2D eigenvalue weighted by Gasteiger charge is 2.16. The molecule has 0 aliphatic rings. The quantitative estimate of drug-likeness (QED) is 0.791. The molecule has 0 atom stereocenters. The lowest BCUT2D eigenvalue weighted by Gasteiger charge is -2.17. The lowest BCUT2D eigenvalue weighted by Crippen LogP contribution is -2.41. The van der Waals surface area contributed by atoms with Crippen LogP contribution in [0.3, 0.4) is 0 Å². The van der Waals surface area contributed by atoms with Gasteiger partial charge in [0.05, 0.1) is 34.4 Å². The molecule has 0 heterocycles. The third kappa shape index (κ3) is 5.47. The Hall–Kier alpha value is -2.57. The summed E-state index contributed by atoms with van der Waals surface area (Å²) in [6.07, 6.45) is 0. The summed E-state index contributed by atoms with van der Waals surface area (Å²) < 4.78 is 0. The van der Waals surface area contributed by atoms with Gasteiger partial charge in [-0.15, -0.1) is 0 Å². The van der Waals surface area contributed by atoms with Crippen molar-refractivity contribution >= 4 is 46.6 Å². The molecule has 8 heteroatoms. The van der Waals surface area contributed by atoms with Crippen LogP contribution in [0, 0.1) is 0 Å². The molecule has 2 aromatic carbocycles. The first-order valence-electron chi connectivity index (χ1n) is 7.69. The predicted molar refractivity (Wildman–Crippen MR) is 102 cm³/mol. The first-order valence-corrected chi connectivity index (χ1v) is 8.45. The average Bonchev–Trinajstić information content (AvgIpc) is 2.61. The second-order valence-corrected chi connectivity index (χ2v) is 6.25. The molecular formula is C18H17Cl2N3O3. The largest absolute Gasteiger partial charge is 0.343 e. The Morgan fingerprint density at radius 2 is 1.58 bits per heavy atom. The number of anilines is 1. The lowest BCUT2D eigenvalue weighted by atomic mass is 10.2. The second-order valence-electron chi connectivity index (χ2n) is 5.44. The van der Waals surface area contributed by atoms with Gasteiger partial charge in [-0.25, -0.2) is 0 Å². The highest BCUT2D eigenvalue weighted by atomic mass is 35.5. The molecule has 0 aromatic heterocycles. The number of amides is 3. The molecular weight excluding hydrogens is 377 g/mol. The number of halogens is 2. The van der Waals surface area contributed by atoms with Gasteiger partial charge < -0.3 is 15.5 Å². The van der Waals surface area contributed by atoms with E-state index in [0.29, 0.717) is 15.7 Å². The number of likely N-dealkylation sites (N-methyl/N-ethyl adjacent to an activating group) is 1. The fraction of sp³-hybridized carbons (Fsp3) is 0.167. The van der Waals surface area contributed by atoms with Gasteiger partial charge >= 0.3 is 0 Å². The Kier molecular flexibility index (Phi) is 7.00. The van der Waals surface area contributed by atoms with Crippen molar-refractivity contribution in [3.63, 3.8) is 0 Å². The van der Waals surface area contributed by atoms with E-state index in [-0.39, 0.29) is 18.7 Å². The van der Waals surface area contributed by atoms with Crippen molar-refractivity contribution in [2.75, 3.05) is 25.5 Å². The van der Waals surface area contributed by atoms with E-state index in [1.807, 2.05) is 0 Å². The van der Waals surface area contributed by atoms with E-state index in [1.165, 1.54) is 11.9 Å². The van der Waals surface area contributed by atoms with Crippen LogP contribution in [0.4, 0.5) is 5.69 Å². The van der Waals surface area contributed by atoms with Crippen molar-refractivity contribution in [1.29, 1.82) is 0 Å². The van der Waals surface area contributed by atoms with E-state index in [9.17, 15) is 14.4 Å². The molecule has 3 amide bonds. The number of carbonyl (C=O) groups is 3. The van der Waals surface area contributed by atoms with E-state index in [2.05, 4.69) is 10.6 Å². The van der Waals surface area contributed by atoms with Crippen LogP contribution in [0.2, 0.25) is 10.0 Å². The minimum Gasteiger partial charge on any atom is -0.343 e. The van der Waals surface area contributed by atoms with Crippen molar-refractivity contribution in [2.45, 2.75) is 0 Å². The van der Waals surface area contributed by atoms with Gasteiger partial charge in [0.15, 0.2) is 0 Å². The van der Waals surface area contributed by atoms with Crippen molar-refractivity contribution in [1.82, 2.24) is 10.2 Å². The zero-order chi connectivity index (χ0) is 19.1. The molecule has 0 aliphatic heterocycles. The van der Waals surface area contributed by atoms with Crippen LogP contribution in [-0.4, -0.2) is 42.8 Å². The summed E-state index contributed by atoms with van der Waals surface area (Å²) in [7, 11) is 1.47. The van der Waals surface area contributed by atoms with E-state index in [4.69, 9.17) is 23.2 Å². The van der Waals surface area contributed by atoms with Crippen LogP contribution in [-0.2, 0) is 9.59 Å². The zero-order valence-electron chi connectivity index (χ0n) is 14.0. The molecule has 2 aromatic rings. The number of benzene rings is 2. The minimum absolute atomic E-state index is 0.175. The summed E-state index contributed by atoms with van der Waals surface area (Å²) in [5.41, 5.74) is 0.744. The normalized spacial score (nSPS) is 10.1. The fourth-order valence-electron chi connectivity index (χ4n) is 2.09. The molecule has 0 radical (unpaired) electrons. The Balaban J connectivity index is 1.84. The van der Waals surface area contributed by atoms with Crippen LogP contribution >= 0.6 is 23.2 Å². The third-order valence-electron chi connectivity index (χ3n) is 3.47. The smallest absolute Gasteiger partial charge is 0.253 e. The van der Waals surface area contributed by atoms with E-state index < -0.39 is 17.7 Å². The lowest BCUT2D eigenvalue weighted by molar-refractivity contribution is -0.132. The zero-order valence-corrected chi connectivity index (χ0v) is 15.5. The molecule has 136 valence electrons. The number of hydrogen-bond acceptors (Lipinski definition) is 3. The maximum atomic E-state index is 12.1. The van der Waals surface area contributed by atoms with Crippen molar-refractivity contribution < 1.29 is 14.4 Å². The van der Waals surface area contributed by atoms with Crippen LogP contribution in [0.1, 0.15) is 10.4 Å². The molecule has 0 spiro atoms. The number of rotatable bonds is 6. The maximum Gasteiger partial charge on any atom is 0.253 e. The number of nitrogens with one attached hydrogen (secondary N) is 2. The first kappa shape index (κ1) is 19.8. The Bertz CT molecular complexity index is 827. The van der Waals surface area contributed by atoms with Gasteiger partial charge in [-0.3, -0.25) is 14.4 Å². The van der Waals surface area contributed by atoms with Gasteiger partial charge in [-0.1, -0.05) is 47.5 Å². The third-order valence-corrected chi connectivity index (χ3v) is 4.13. The molecule has 2 N–H and O–H groups in total. The standard InChI is InChI=1S/C18H17Cl2N3O3/c1-23(11-16(24)22-15-9-5-4-8-14(15)20)17(25)10-21-18(26)12-6-2-3-7-13(12)19/h2-9H,10-11H2,1H3,(H,21,26)(H,22,24). The summed E-state index contributed by atoms with van der Waals surface area (Å²) in [5.74, 6) is -1.27. The molecule has 0 unspecified atom stereocenters. The molecule has 0 saturated carbocycles. The Morgan fingerprint density at radius 1 is 0.962 bits per heavy atom. The fourth-order valence-corrected chi connectivity index (χ4v) is 2.49. The van der Waals surface area contributed by atoms with E-state index in [1.54, 1.807) is 48.5 Å². The summed E-state index contributed by atoms with van der Waals surface area (Å²) in [6.45, 7) is -0.425. The summed E-state index contributed by atoms with van der Waals surface area (Å²) in [4.78, 5) is 37.3. The molecule has 0 bridgehead atoms. The summed E-state index contributed by atoms with van der Waals surface area (Å²) >= 11 is 11.9. The highest BCUT2D eigenvalue weighted by molar-refractivity contribution is 6.34. The predicted octanol–water partition coefficient (Wildman–Crippen LogP) is 2.82. The molecule has 6 nitrogen and oxygen atoms in total.